The summed E-state index contributed by atoms with van der Waals surface area (Å²) in [4.78, 5) is 4.18. The largest absolute Gasteiger partial charge is 0.316 e. The summed E-state index contributed by atoms with van der Waals surface area (Å²) >= 11 is 2.70. The first-order valence-corrected chi connectivity index (χ1v) is 9.44. The fourth-order valence-corrected chi connectivity index (χ4v) is 5.11. The third kappa shape index (κ3) is 3.64. The van der Waals surface area contributed by atoms with E-state index in [1.165, 1.54) is 22.7 Å². The average molecular weight is 331 g/mol. The second kappa shape index (κ2) is 6.77. The van der Waals surface area contributed by atoms with E-state index in [1.807, 2.05) is 24.7 Å². The highest BCUT2D eigenvalue weighted by molar-refractivity contribution is 7.91. The minimum absolute atomic E-state index is 0.269. The number of hydrogen-bond donors (Lipinski definition) is 2. The topological polar surface area (TPSA) is 71.1 Å². The van der Waals surface area contributed by atoms with Gasteiger partial charge in [0, 0.05) is 18.1 Å². The van der Waals surface area contributed by atoms with Crippen LogP contribution in [0.4, 0.5) is 0 Å². The highest BCUT2D eigenvalue weighted by Crippen LogP contribution is 2.25. The van der Waals surface area contributed by atoms with E-state index in [-0.39, 0.29) is 6.04 Å². The fourth-order valence-electron chi connectivity index (χ4n) is 1.75. The van der Waals surface area contributed by atoms with Gasteiger partial charge in [0.15, 0.2) is 0 Å². The Hall–Kier alpha value is -0.800. The van der Waals surface area contributed by atoms with Crippen molar-refractivity contribution in [2.75, 3.05) is 7.05 Å². The van der Waals surface area contributed by atoms with Gasteiger partial charge in [-0.3, -0.25) is 0 Å². The van der Waals surface area contributed by atoms with Crippen LogP contribution in [-0.4, -0.2) is 20.4 Å². The third-order valence-corrected chi connectivity index (χ3v) is 6.58. The van der Waals surface area contributed by atoms with E-state index in [9.17, 15) is 8.42 Å². The zero-order valence-corrected chi connectivity index (χ0v) is 13.7. The normalized spacial score (nSPS) is 13.5. The van der Waals surface area contributed by atoms with E-state index in [4.69, 9.17) is 0 Å². The zero-order valence-electron chi connectivity index (χ0n) is 11.3. The van der Waals surface area contributed by atoms with Gasteiger partial charge in [-0.1, -0.05) is 6.92 Å². The molecule has 0 aliphatic heterocycles. The maximum atomic E-state index is 12.4. The molecular formula is C12H17N3O2S3. The van der Waals surface area contributed by atoms with Gasteiger partial charge in [-0.15, -0.1) is 22.7 Å². The highest BCUT2D eigenvalue weighted by atomic mass is 32.2. The fraction of sp³-hybridized carbons (Fsp3) is 0.417. The van der Waals surface area contributed by atoms with Gasteiger partial charge in [0.2, 0.25) is 0 Å². The summed E-state index contributed by atoms with van der Waals surface area (Å²) in [6.07, 6.45) is 2.36. The minimum Gasteiger partial charge on any atom is -0.316 e. The number of rotatable bonds is 7. The van der Waals surface area contributed by atoms with Gasteiger partial charge in [0.05, 0.1) is 6.04 Å². The van der Waals surface area contributed by atoms with Crippen molar-refractivity contribution in [3.05, 3.63) is 33.6 Å². The molecule has 0 radical (unpaired) electrons. The molecule has 2 heterocycles. The standard InChI is InChI=1S/C12H17N3O2S3/c1-3-10(12-14-4-5-18-12)15-20(16,17)11-6-9(7-13-2)8-19-11/h4-6,8,10,13,15H,3,7H2,1-2H3. The van der Waals surface area contributed by atoms with E-state index in [0.717, 1.165) is 10.6 Å². The predicted molar refractivity (Wildman–Crippen MR) is 82.6 cm³/mol. The van der Waals surface area contributed by atoms with E-state index < -0.39 is 10.0 Å². The van der Waals surface area contributed by atoms with Crippen LogP contribution in [0.2, 0.25) is 0 Å². The van der Waals surface area contributed by atoms with E-state index in [1.54, 1.807) is 12.3 Å². The Kier molecular flexibility index (Phi) is 5.28. The van der Waals surface area contributed by atoms with Crippen molar-refractivity contribution in [1.29, 1.82) is 0 Å². The molecule has 0 spiro atoms. The van der Waals surface area contributed by atoms with Crippen LogP contribution in [0.3, 0.4) is 0 Å². The van der Waals surface area contributed by atoms with E-state index in [2.05, 4.69) is 15.0 Å². The van der Waals surface area contributed by atoms with Crippen molar-refractivity contribution in [3.8, 4) is 0 Å². The van der Waals surface area contributed by atoms with E-state index >= 15 is 0 Å². The van der Waals surface area contributed by atoms with Gasteiger partial charge in [0.25, 0.3) is 10.0 Å². The Labute approximate surface area is 127 Å². The molecule has 0 fully saturated rings. The molecule has 2 aromatic heterocycles. The van der Waals surface area contributed by atoms with Crippen molar-refractivity contribution < 1.29 is 8.42 Å². The first-order valence-electron chi connectivity index (χ1n) is 6.20. The number of thiazole rings is 1. The molecule has 0 saturated heterocycles. The summed E-state index contributed by atoms with van der Waals surface area (Å²) in [6.45, 7) is 2.60. The van der Waals surface area contributed by atoms with Crippen LogP contribution >= 0.6 is 22.7 Å². The smallest absolute Gasteiger partial charge is 0.250 e. The van der Waals surface area contributed by atoms with Crippen molar-refractivity contribution >= 4 is 32.7 Å². The summed E-state index contributed by atoms with van der Waals surface area (Å²) in [6, 6.07) is 1.44. The molecule has 0 aromatic carbocycles. The number of aromatic nitrogens is 1. The quantitative estimate of drug-likeness (QED) is 0.817. The lowest BCUT2D eigenvalue weighted by Crippen LogP contribution is -2.27. The lowest BCUT2D eigenvalue weighted by atomic mass is 10.3. The molecule has 2 aromatic rings. The van der Waals surface area contributed by atoms with Gasteiger partial charge in [-0.2, -0.15) is 0 Å². The summed E-state index contributed by atoms with van der Waals surface area (Å²) in [7, 11) is -1.65. The molecule has 110 valence electrons. The molecule has 0 aliphatic rings. The first kappa shape index (κ1) is 15.6. The Bertz CT molecular complexity index is 635. The molecule has 0 bridgehead atoms. The molecular weight excluding hydrogens is 314 g/mol. The Morgan fingerprint density at radius 2 is 2.20 bits per heavy atom. The van der Waals surface area contributed by atoms with Gasteiger partial charge in [-0.25, -0.2) is 18.1 Å². The molecule has 5 nitrogen and oxygen atoms in total. The second-order valence-corrected chi connectivity index (χ2v) is 8.03. The Morgan fingerprint density at radius 1 is 1.40 bits per heavy atom. The summed E-state index contributed by atoms with van der Waals surface area (Å²) < 4.78 is 27.8. The summed E-state index contributed by atoms with van der Waals surface area (Å²) in [5, 5.41) is 7.51. The van der Waals surface area contributed by atoms with Crippen LogP contribution in [-0.2, 0) is 16.6 Å². The number of hydrogen-bond acceptors (Lipinski definition) is 6. The average Bonchev–Trinajstić information content (AvgIpc) is 3.07. The maximum Gasteiger partial charge on any atom is 0.250 e. The summed E-state index contributed by atoms with van der Waals surface area (Å²) in [5.41, 5.74) is 0.972. The molecule has 1 atom stereocenters. The Morgan fingerprint density at radius 3 is 2.80 bits per heavy atom. The SMILES string of the molecule is CCC(NS(=O)(=O)c1cc(CNC)cs1)c1nccs1. The third-order valence-electron chi connectivity index (χ3n) is 2.73. The maximum absolute atomic E-state index is 12.4. The second-order valence-electron chi connectivity index (χ2n) is 4.26. The van der Waals surface area contributed by atoms with Crippen LogP contribution in [0.5, 0.6) is 0 Å². The first-order chi connectivity index (χ1) is 9.56. The molecule has 0 amide bonds. The molecule has 8 heteroatoms. The van der Waals surface area contributed by atoms with Crippen molar-refractivity contribution in [3.63, 3.8) is 0 Å². The molecule has 0 saturated carbocycles. The van der Waals surface area contributed by atoms with Gasteiger partial charge in [0.1, 0.15) is 9.22 Å². The van der Waals surface area contributed by atoms with Crippen molar-refractivity contribution in [1.82, 2.24) is 15.0 Å². The van der Waals surface area contributed by atoms with Gasteiger partial charge >= 0.3 is 0 Å². The van der Waals surface area contributed by atoms with Crippen molar-refractivity contribution in [2.24, 2.45) is 0 Å². The number of thiophene rings is 1. The van der Waals surface area contributed by atoms with E-state index in [0.29, 0.717) is 17.2 Å². The molecule has 20 heavy (non-hydrogen) atoms. The van der Waals surface area contributed by atoms with Crippen molar-refractivity contribution in [2.45, 2.75) is 30.1 Å². The molecule has 1 unspecified atom stereocenters. The number of nitrogens with zero attached hydrogens (tertiary/aromatic N) is 1. The summed E-state index contributed by atoms with van der Waals surface area (Å²) in [5.74, 6) is 0. The molecule has 2 N–H and O–H groups in total. The van der Waals surface area contributed by atoms with Gasteiger partial charge < -0.3 is 5.32 Å². The lowest BCUT2D eigenvalue weighted by Gasteiger charge is -2.13. The Balaban J connectivity index is 2.17. The van der Waals surface area contributed by atoms with Gasteiger partial charge in [-0.05, 0) is 30.5 Å². The molecule has 2 rings (SSSR count). The van der Waals surface area contributed by atoms with Crippen LogP contribution in [0.15, 0.2) is 27.2 Å². The number of nitrogens with one attached hydrogen (secondary N) is 2. The predicted octanol–water partition coefficient (Wildman–Crippen LogP) is 2.35. The molecule has 0 aliphatic carbocycles. The monoisotopic (exact) mass is 331 g/mol. The van der Waals surface area contributed by atoms with Crippen LogP contribution in [0.25, 0.3) is 0 Å². The van der Waals surface area contributed by atoms with Crippen LogP contribution in [0, 0.1) is 0 Å². The zero-order chi connectivity index (χ0) is 14.6. The van der Waals surface area contributed by atoms with Crippen LogP contribution < -0.4 is 10.0 Å². The van der Waals surface area contributed by atoms with Crippen LogP contribution in [0.1, 0.15) is 30.0 Å². The highest BCUT2D eigenvalue weighted by Gasteiger charge is 2.23. The number of sulfonamides is 1. The minimum atomic E-state index is -3.49. The lowest BCUT2D eigenvalue weighted by molar-refractivity contribution is 0.551.